The van der Waals surface area contributed by atoms with E-state index < -0.39 is 0 Å². The van der Waals surface area contributed by atoms with Gasteiger partial charge in [-0.3, -0.25) is 4.98 Å². The van der Waals surface area contributed by atoms with Gasteiger partial charge in [-0.2, -0.15) is 0 Å². The Kier molecular flexibility index (Phi) is 5.09. The van der Waals surface area contributed by atoms with Crippen LogP contribution in [0.15, 0.2) is 29.9 Å². The van der Waals surface area contributed by atoms with Crippen molar-refractivity contribution in [3.63, 3.8) is 0 Å². The number of hydrogen-bond acceptors (Lipinski definition) is 5. The maximum atomic E-state index is 4.52. The molecular weight excluding hydrogens is 268 g/mol. The summed E-state index contributed by atoms with van der Waals surface area (Å²) in [6.45, 7) is 7.19. The fourth-order valence-corrected chi connectivity index (χ4v) is 2.67. The summed E-state index contributed by atoms with van der Waals surface area (Å²) in [6.07, 6.45) is 3.70. The maximum Gasteiger partial charge on any atom is 0.147 e. The fraction of sp³-hybridized carbons (Fsp3) is 0.467. The van der Waals surface area contributed by atoms with Crippen molar-refractivity contribution >= 4 is 17.2 Å². The minimum atomic E-state index is 0.309. The molecule has 0 saturated carbocycles. The summed E-state index contributed by atoms with van der Waals surface area (Å²) in [5, 5.41) is 5.44. The summed E-state index contributed by atoms with van der Waals surface area (Å²) in [6, 6.07) is 5.00. The molecule has 0 bridgehead atoms. The molecule has 2 aromatic rings. The molecule has 0 aliphatic carbocycles. The molecule has 108 valence electrons. The van der Waals surface area contributed by atoms with E-state index in [2.05, 4.69) is 65.5 Å². The van der Waals surface area contributed by atoms with Crippen LogP contribution in [0.25, 0.3) is 0 Å². The average Bonchev–Trinajstić information content (AvgIpc) is 2.98. The Labute approximate surface area is 124 Å². The molecule has 5 heteroatoms. The normalized spacial score (nSPS) is 12.7. The lowest BCUT2D eigenvalue weighted by Crippen LogP contribution is -2.24. The van der Waals surface area contributed by atoms with Gasteiger partial charge in [0.15, 0.2) is 0 Å². The highest BCUT2D eigenvalue weighted by atomic mass is 32.1. The van der Waals surface area contributed by atoms with Crippen LogP contribution in [-0.4, -0.2) is 23.1 Å². The van der Waals surface area contributed by atoms with E-state index in [-0.39, 0.29) is 0 Å². The predicted octanol–water partition coefficient (Wildman–Crippen LogP) is 3.23. The number of thiophene rings is 1. The first kappa shape index (κ1) is 14.9. The zero-order chi connectivity index (χ0) is 14.5. The zero-order valence-electron chi connectivity index (χ0n) is 12.5. The highest BCUT2D eigenvalue weighted by Gasteiger charge is 2.14. The molecule has 0 amide bonds. The molecule has 0 aliphatic heterocycles. The third kappa shape index (κ3) is 3.77. The van der Waals surface area contributed by atoms with Gasteiger partial charge < -0.3 is 10.2 Å². The van der Waals surface area contributed by atoms with Gasteiger partial charge in [-0.05, 0) is 18.4 Å². The molecule has 2 rings (SSSR count). The molecule has 0 spiro atoms. The zero-order valence-corrected chi connectivity index (χ0v) is 13.3. The SMILES string of the molecule is CC(C)NCc1cnc(N(C)C(C)c2cccs2)cn1. The van der Waals surface area contributed by atoms with Crippen molar-refractivity contribution in [3.8, 4) is 0 Å². The summed E-state index contributed by atoms with van der Waals surface area (Å²) >= 11 is 1.77. The van der Waals surface area contributed by atoms with Crippen LogP contribution >= 0.6 is 11.3 Å². The van der Waals surface area contributed by atoms with Gasteiger partial charge in [0.2, 0.25) is 0 Å². The Bertz CT molecular complexity index is 507. The lowest BCUT2D eigenvalue weighted by Gasteiger charge is -2.24. The largest absolute Gasteiger partial charge is 0.351 e. The number of anilines is 1. The number of aromatic nitrogens is 2. The number of nitrogens with one attached hydrogen (secondary N) is 1. The van der Waals surface area contributed by atoms with Gasteiger partial charge in [-0.15, -0.1) is 11.3 Å². The van der Waals surface area contributed by atoms with Gasteiger partial charge >= 0.3 is 0 Å². The van der Waals surface area contributed by atoms with E-state index in [4.69, 9.17) is 0 Å². The van der Waals surface area contributed by atoms with Crippen LogP contribution in [0, 0.1) is 0 Å². The summed E-state index contributed by atoms with van der Waals surface area (Å²) in [4.78, 5) is 12.5. The van der Waals surface area contributed by atoms with Gasteiger partial charge in [0, 0.05) is 24.5 Å². The first-order valence-electron chi connectivity index (χ1n) is 6.88. The van der Waals surface area contributed by atoms with E-state index in [1.54, 1.807) is 11.3 Å². The molecular formula is C15H22N4S. The Morgan fingerprint density at radius 1 is 1.25 bits per heavy atom. The lowest BCUT2D eigenvalue weighted by atomic mass is 10.2. The van der Waals surface area contributed by atoms with Crippen LogP contribution in [0.3, 0.4) is 0 Å². The molecule has 0 aromatic carbocycles. The first-order valence-corrected chi connectivity index (χ1v) is 7.76. The van der Waals surface area contributed by atoms with E-state index in [1.807, 2.05) is 12.4 Å². The summed E-state index contributed by atoms with van der Waals surface area (Å²) in [7, 11) is 2.06. The molecule has 2 heterocycles. The van der Waals surface area contributed by atoms with Crippen molar-refractivity contribution in [2.45, 2.75) is 39.4 Å². The smallest absolute Gasteiger partial charge is 0.147 e. The highest BCUT2D eigenvalue weighted by Crippen LogP contribution is 2.26. The van der Waals surface area contributed by atoms with Crippen molar-refractivity contribution in [3.05, 3.63) is 40.5 Å². The van der Waals surface area contributed by atoms with Crippen LogP contribution < -0.4 is 10.2 Å². The van der Waals surface area contributed by atoms with Crippen LogP contribution in [0.4, 0.5) is 5.82 Å². The summed E-state index contributed by atoms with van der Waals surface area (Å²) in [5.41, 5.74) is 0.972. The number of hydrogen-bond donors (Lipinski definition) is 1. The average molecular weight is 290 g/mol. The van der Waals surface area contributed by atoms with Gasteiger partial charge in [-0.1, -0.05) is 19.9 Å². The molecule has 0 fully saturated rings. The second kappa shape index (κ2) is 6.81. The van der Waals surface area contributed by atoms with E-state index >= 15 is 0 Å². The Balaban J connectivity index is 2.02. The molecule has 20 heavy (non-hydrogen) atoms. The summed E-state index contributed by atoms with van der Waals surface area (Å²) in [5.74, 6) is 0.902. The molecule has 1 unspecified atom stereocenters. The minimum Gasteiger partial charge on any atom is -0.351 e. The molecule has 0 aliphatic rings. The van der Waals surface area contributed by atoms with Crippen molar-refractivity contribution in [2.24, 2.45) is 0 Å². The Morgan fingerprint density at radius 2 is 2.05 bits per heavy atom. The van der Waals surface area contributed by atoms with Crippen molar-refractivity contribution in [1.82, 2.24) is 15.3 Å². The fourth-order valence-electron chi connectivity index (χ4n) is 1.85. The number of nitrogens with zero attached hydrogens (tertiary/aromatic N) is 3. The predicted molar refractivity (Wildman–Crippen MR) is 85.1 cm³/mol. The quantitative estimate of drug-likeness (QED) is 0.887. The maximum absolute atomic E-state index is 4.52. The highest BCUT2D eigenvalue weighted by molar-refractivity contribution is 7.10. The third-order valence-corrected chi connectivity index (χ3v) is 4.32. The van der Waals surface area contributed by atoms with E-state index in [9.17, 15) is 0 Å². The van der Waals surface area contributed by atoms with Crippen LogP contribution in [0.1, 0.15) is 37.4 Å². The summed E-state index contributed by atoms with van der Waals surface area (Å²) < 4.78 is 0. The van der Waals surface area contributed by atoms with Crippen LogP contribution in [-0.2, 0) is 6.54 Å². The van der Waals surface area contributed by atoms with E-state index in [0.717, 1.165) is 18.1 Å². The lowest BCUT2D eigenvalue weighted by molar-refractivity contribution is 0.580. The molecule has 0 radical (unpaired) electrons. The first-order chi connectivity index (χ1) is 9.58. The standard InChI is InChI=1S/C15H22N4S/c1-11(2)16-8-13-9-18-15(10-17-13)19(4)12(3)14-6-5-7-20-14/h5-7,9-12,16H,8H2,1-4H3. The van der Waals surface area contributed by atoms with E-state index in [1.165, 1.54) is 4.88 Å². The molecule has 2 aromatic heterocycles. The van der Waals surface area contributed by atoms with Crippen molar-refractivity contribution < 1.29 is 0 Å². The molecule has 1 N–H and O–H groups in total. The van der Waals surface area contributed by atoms with Gasteiger partial charge in [0.1, 0.15) is 5.82 Å². The monoisotopic (exact) mass is 290 g/mol. The van der Waals surface area contributed by atoms with Gasteiger partial charge in [0.25, 0.3) is 0 Å². The van der Waals surface area contributed by atoms with Crippen molar-refractivity contribution in [1.29, 1.82) is 0 Å². The van der Waals surface area contributed by atoms with Crippen molar-refractivity contribution in [2.75, 3.05) is 11.9 Å². The van der Waals surface area contributed by atoms with Crippen LogP contribution in [0.2, 0.25) is 0 Å². The Hall–Kier alpha value is -1.46. The second-order valence-corrected chi connectivity index (χ2v) is 6.18. The molecule has 4 nitrogen and oxygen atoms in total. The minimum absolute atomic E-state index is 0.309. The van der Waals surface area contributed by atoms with E-state index in [0.29, 0.717) is 12.1 Å². The van der Waals surface area contributed by atoms with Gasteiger partial charge in [0.05, 0.1) is 24.1 Å². The Morgan fingerprint density at radius 3 is 2.60 bits per heavy atom. The number of rotatable bonds is 6. The van der Waals surface area contributed by atoms with Crippen LogP contribution in [0.5, 0.6) is 0 Å². The molecule has 1 atom stereocenters. The van der Waals surface area contributed by atoms with Gasteiger partial charge in [-0.25, -0.2) is 4.98 Å². The molecule has 0 saturated heterocycles. The topological polar surface area (TPSA) is 41.1 Å². The second-order valence-electron chi connectivity index (χ2n) is 5.20. The third-order valence-electron chi connectivity index (χ3n) is 3.28.